The lowest BCUT2D eigenvalue weighted by atomic mass is 9.99. The largest absolute Gasteiger partial charge is 0.490 e. The van der Waals surface area contributed by atoms with Gasteiger partial charge in [-0.05, 0) is 120 Å². The van der Waals surface area contributed by atoms with Crippen LogP contribution in [0.1, 0.15) is 92.7 Å². The normalized spacial score (nSPS) is 11.2. The molecule has 0 saturated carbocycles. The molecule has 7 heteroatoms. The van der Waals surface area contributed by atoms with E-state index in [0.29, 0.717) is 26.4 Å². The molecule has 0 saturated heterocycles. The molecule has 0 unspecified atom stereocenters. The van der Waals surface area contributed by atoms with Crippen LogP contribution in [0.2, 0.25) is 0 Å². The second-order valence-corrected chi connectivity index (χ2v) is 11.6. The fourth-order valence-corrected chi connectivity index (χ4v) is 5.33. The predicted octanol–water partition coefficient (Wildman–Crippen LogP) is 10.5. The van der Waals surface area contributed by atoms with Crippen molar-refractivity contribution in [2.75, 3.05) is 58.0 Å². The molecular formula is C42H63N3O4. The minimum Gasteiger partial charge on any atom is -0.490 e. The summed E-state index contributed by atoms with van der Waals surface area (Å²) in [6, 6.07) is 14.6. The number of hydrogen-bond acceptors (Lipinski definition) is 7. The molecule has 0 aliphatic carbocycles. The molecule has 3 rings (SSSR count). The first-order valence-corrected chi connectivity index (χ1v) is 18.4. The van der Waals surface area contributed by atoms with Crippen molar-refractivity contribution in [2.24, 2.45) is 0 Å². The Labute approximate surface area is 297 Å². The van der Waals surface area contributed by atoms with Crippen LogP contribution in [0.3, 0.4) is 0 Å². The molecular weight excluding hydrogens is 610 g/mol. The lowest BCUT2D eigenvalue weighted by molar-refractivity contribution is 0.285. The minimum absolute atomic E-state index is 0.615. The van der Waals surface area contributed by atoms with E-state index < -0.39 is 0 Å². The fraction of sp³-hybridized carbons (Fsp3) is 0.500. The highest BCUT2D eigenvalue weighted by molar-refractivity contribution is 5.76. The van der Waals surface area contributed by atoms with Gasteiger partial charge in [-0.15, -0.1) is 0 Å². The molecule has 0 spiro atoms. The van der Waals surface area contributed by atoms with E-state index in [9.17, 15) is 0 Å². The molecule has 0 bridgehead atoms. The Kier molecular flexibility index (Phi) is 19.5. The van der Waals surface area contributed by atoms with Crippen LogP contribution in [-0.2, 0) is 6.42 Å². The maximum Gasteiger partial charge on any atom is 0.164 e. The Morgan fingerprint density at radius 2 is 1.39 bits per heavy atom. The number of allylic oxidation sites excluding steroid dienone is 3. The van der Waals surface area contributed by atoms with Gasteiger partial charge in [-0.1, -0.05) is 44.9 Å². The smallest absolute Gasteiger partial charge is 0.164 e. The number of nitrogens with zero attached hydrogens (tertiary/aromatic N) is 3. The number of hydrogen-bond donors (Lipinski definition) is 0. The first-order valence-electron chi connectivity index (χ1n) is 18.4. The molecule has 0 aliphatic rings. The molecule has 0 N–H and O–H groups in total. The summed E-state index contributed by atoms with van der Waals surface area (Å²) in [5.41, 5.74) is 5.74. The maximum absolute atomic E-state index is 5.90. The van der Waals surface area contributed by atoms with E-state index in [-0.39, 0.29) is 0 Å². The Morgan fingerprint density at radius 3 is 1.96 bits per heavy atom. The van der Waals surface area contributed by atoms with E-state index in [0.717, 1.165) is 72.4 Å². The monoisotopic (exact) mass is 673 g/mol. The number of aryl methyl sites for hydroxylation is 1. The van der Waals surface area contributed by atoms with Crippen molar-refractivity contribution in [2.45, 2.75) is 88.0 Å². The van der Waals surface area contributed by atoms with Gasteiger partial charge < -0.3 is 28.7 Å². The third kappa shape index (κ3) is 13.0. The van der Waals surface area contributed by atoms with Crippen LogP contribution in [0.4, 0.5) is 5.82 Å². The lowest BCUT2D eigenvalue weighted by Gasteiger charge is -2.21. The second kappa shape index (κ2) is 23.3. The third-order valence-corrected chi connectivity index (χ3v) is 7.89. The van der Waals surface area contributed by atoms with Gasteiger partial charge in [-0.3, -0.25) is 0 Å². The van der Waals surface area contributed by atoms with E-state index in [4.69, 9.17) is 18.9 Å². The summed E-state index contributed by atoms with van der Waals surface area (Å²) in [7, 11) is 2.09. The fourth-order valence-electron chi connectivity index (χ4n) is 5.33. The van der Waals surface area contributed by atoms with Crippen molar-refractivity contribution in [3.8, 4) is 34.1 Å². The van der Waals surface area contributed by atoms with Crippen molar-refractivity contribution in [1.82, 2.24) is 9.88 Å². The SMILES string of the molecule is C/C=C\C(=C/N(C)CC)c1cc(CCC)c(OCC)c(OCC)c1.CCCCN(CC)c1ccc(-c2ccc(OCC)c(OCC)c2)cn1. The van der Waals surface area contributed by atoms with Crippen molar-refractivity contribution < 1.29 is 18.9 Å². The average Bonchev–Trinajstić information content (AvgIpc) is 3.11. The molecule has 0 atom stereocenters. The number of benzene rings is 2. The van der Waals surface area contributed by atoms with Gasteiger partial charge in [0.1, 0.15) is 5.82 Å². The van der Waals surface area contributed by atoms with Crippen LogP contribution in [0.5, 0.6) is 23.0 Å². The average molecular weight is 674 g/mol. The van der Waals surface area contributed by atoms with E-state index in [1.807, 2.05) is 52.9 Å². The van der Waals surface area contributed by atoms with Gasteiger partial charge in [0.05, 0.1) is 26.4 Å². The summed E-state index contributed by atoms with van der Waals surface area (Å²) in [4.78, 5) is 9.17. The van der Waals surface area contributed by atoms with Crippen LogP contribution in [0, 0.1) is 0 Å². The Hall–Kier alpha value is -4.13. The van der Waals surface area contributed by atoms with Gasteiger partial charge in [-0.25, -0.2) is 4.98 Å². The Morgan fingerprint density at radius 1 is 0.714 bits per heavy atom. The molecule has 7 nitrogen and oxygen atoms in total. The van der Waals surface area contributed by atoms with E-state index in [1.165, 1.54) is 29.5 Å². The van der Waals surface area contributed by atoms with Gasteiger partial charge in [0, 0.05) is 44.6 Å². The molecule has 3 aromatic rings. The van der Waals surface area contributed by atoms with Gasteiger partial charge in [0.25, 0.3) is 0 Å². The van der Waals surface area contributed by atoms with Gasteiger partial charge in [0.2, 0.25) is 0 Å². The van der Waals surface area contributed by atoms with Gasteiger partial charge in [-0.2, -0.15) is 0 Å². The van der Waals surface area contributed by atoms with Gasteiger partial charge in [0.15, 0.2) is 23.0 Å². The molecule has 0 amide bonds. The molecule has 1 aromatic heterocycles. The number of aromatic nitrogens is 1. The van der Waals surface area contributed by atoms with Crippen LogP contribution in [0.15, 0.2) is 67.0 Å². The summed E-state index contributed by atoms with van der Waals surface area (Å²) < 4.78 is 23.1. The highest BCUT2D eigenvalue weighted by Crippen LogP contribution is 2.37. The number of pyridine rings is 1. The van der Waals surface area contributed by atoms with Crippen molar-refractivity contribution >= 4 is 11.4 Å². The van der Waals surface area contributed by atoms with Gasteiger partial charge >= 0.3 is 0 Å². The Bertz CT molecular complexity index is 1390. The predicted molar refractivity (Wildman–Crippen MR) is 209 cm³/mol. The number of unbranched alkanes of at least 4 members (excludes halogenated alkanes) is 1. The summed E-state index contributed by atoms with van der Waals surface area (Å²) >= 11 is 0. The first kappa shape index (κ1) is 41.0. The standard InChI is InChI=1S/C21H30N2O2.C21H33NO2/c1-5-9-14-23(6-2)21-13-11-18(16-22-21)17-10-12-19(24-7-3)20(15-17)25-8-4;1-7-12-17-14-19(18(13-8-2)16-22(6)9-3)15-20(23-10-4)21(17)24-11-5/h10-13,15-16H,5-9,14H2,1-4H3;8,13-16H,7,9-12H2,1-6H3/b;13-8-,18-16+. The van der Waals surface area contributed by atoms with Crippen LogP contribution in [0.25, 0.3) is 16.7 Å². The topological polar surface area (TPSA) is 56.3 Å². The van der Waals surface area contributed by atoms with Crippen molar-refractivity contribution in [3.63, 3.8) is 0 Å². The molecule has 1 heterocycles. The van der Waals surface area contributed by atoms with Crippen LogP contribution in [-0.4, -0.2) is 63.0 Å². The molecule has 2 aromatic carbocycles. The summed E-state index contributed by atoms with van der Waals surface area (Å²) in [5.74, 6) is 4.35. The molecule has 0 fully saturated rings. The quantitative estimate of drug-likeness (QED) is 0.111. The molecule has 0 radical (unpaired) electrons. The highest BCUT2D eigenvalue weighted by Gasteiger charge is 2.15. The molecule has 270 valence electrons. The van der Waals surface area contributed by atoms with Crippen molar-refractivity contribution in [1.29, 1.82) is 0 Å². The lowest BCUT2D eigenvalue weighted by Crippen LogP contribution is -2.24. The molecule has 49 heavy (non-hydrogen) atoms. The summed E-state index contributed by atoms with van der Waals surface area (Å²) in [6.45, 7) is 24.3. The van der Waals surface area contributed by atoms with Crippen molar-refractivity contribution in [3.05, 3.63) is 78.1 Å². The zero-order valence-corrected chi connectivity index (χ0v) is 32.1. The highest BCUT2D eigenvalue weighted by atomic mass is 16.5. The van der Waals surface area contributed by atoms with E-state index in [2.05, 4.69) is 98.2 Å². The third-order valence-electron chi connectivity index (χ3n) is 7.89. The minimum atomic E-state index is 0.615. The number of anilines is 1. The number of ether oxygens (including phenoxy) is 4. The van der Waals surface area contributed by atoms with Crippen LogP contribution < -0.4 is 23.8 Å². The Balaban J connectivity index is 0.000000341. The summed E-state index contributed by atoms with van der Waals surface area (Å²) in [6.07, 6.45) is 12.8. The van der Waals surface area contributed by atoms with Crippen LogP contribution >= 0.6 is 0 Å². The first-order chi connectivity index (χ1) is 23.8. The maximum atomic E-state index is 5.90. The molecule has 0 aliphatic heterocycles. The number of rotatable bonds is 20. The van der Waals surface area contributed by atoms with E-state index >= 15 is 0 Å². The summed E-state index contributed by atoms with van der Waals surface area (Å²) in [5, 5.41) is 0. The zero-order chi connectivity index (χ0) is 36.0. The zero-order valence-electron chi connectivity index (χ0n) is 32.1. The second-order valence-electron chi connectivity index (χ2n) is 11.6. The van der Waals surface area contributed by atoms with E-state index in [1.54, 1.807) is 0 Å².